The number of ether oxygens (including phenoxy) is 1. The molecule has 0 radical (unpaired) electrons. The first kappa shape index (κ1) is 24.9. The van der Waals surface area contributed by atoms with Crippen molar-refractivity contribution in [2.45, 2.75) is 17.7 Å². The van der Waals surface area contributed by atoms with Crippen LogP contribution in [0.25, 0.3) is 0 Å². The van der Waals surface area contributed by atoms with Crippen LogP contribution in [-0.2, 0) is 26.0 Å². The van der Waals surface area contributed by atoms with Gasteiger partial charge < -0.3 is 19.4 Å². The molecule has 1 amide bonds. The van der Waals surface area contributed by atoms with Crippen molar-refractivity contribution in [2.24, 2.45) is 5.14 Å². The van der Waals surface area contributed by atoms with E-state index in [0.717, 1.165) is 11.3 Å². The molecule has 0 atom stereocenters. The van der Waals surface area contributed by atoms with E-state index >= 15 is 0 Å². The molecule has 0 aliphatic carbocycles. The Morgan fingerprint density at radius 2 is 1.74 bits per heavy atom. The molecule has 0 spiro atoms. The summed E-state index contributed by atoms with van der Waals surface area (Å²) in [6, 6.07) is 11.1. The standard InChI is InChI=1S/C24H28FN5O4S/c25-22-16-20(3-1-19(22)17-26)28-7-9-30(10-8-28)24(31)6-2-18-15-21(35(27,32)33)4-5-23(18)29-11-13-34-14-12-29/h1,3-5,15-16H,2,6-14H2,(H2,27,32,33). The minimum absolute atomic E-state index is 0.00511. The number of hydrogen-bond donors (Lipinski definition) is 1. The second-order valence-corrected chi connectivity index (χ2v) is 10.1. The zero-order valence-electron chi connectivity index (χ0n) is 19.3. The number of hydrogen-bond acceptors (Lipinski definition) is 7. The van der Waals surface area contributed by atoms with Gasteiger partial charge in [-0.25, -0.2) is 17.9 Å². The minimum Gasteiger partial charge on any atom is -0.378 e. The molecule has 2 fully saturated rings. The molecule has 11 heteroatoms. The Bertz CT molecular complexity index is 1230. The van der Waals surface area contributed by atoms with Crippen molar-refractivity contribution in [1.82, 2.24) is 4.90 Å². The summed E-state index contributed by atoms with van der Waals surface area (Å²) in [5.74, 6) is -0.578. The number of halogens is 1. The lowest BCUT2D eigenvalue weighted by molar-refractivity contribution is -0.131. The van der Waals surface area contributed by atoms with E-state index in [0.29, 0.717) is 64.6 Å². The van der Waals surface area contributed by atoms with Crippen molar-refractivity contribution in [3.8, 4) is 6.07 Å². The maximum absolute atomic E-state index is 14.0. The third-order valence-electron chi connectivity index (χ3n) is 6.41. The molecule has 35 heavy (non-hydrogen) atoms. The van der Waals surface area contributed by atoms with Crippen LogP contribution in [0.2, 0.25) is 0 Å². The predicted octanol–water partition coefficient (Wildman–Crippen LogP) is 1.46. The number of nitrogens with two attached hydrogens (primary N) is 1. The molecule has 2 aromatic rings. The van der Waals surface area contributed by atoms with Gasteiger partial charge in [0, 0.05) is 57.1 Å². The second kappa shape index (κ2) is 10.6. The van der Waals surface area contributed by atoms with E-state index in [1.54, 1.807) is 23.1 Å². The van der Waals surface area contributed by atoms with Gasteiger partial charge >= 0.3 is 0 Å². The highest BCUT2D eigenvalue weighted by molar-refractivity contribution is 7.89. The van der Waals surface area contributed by atoms with Crippen molar-refractivity contribution in [2.75, 3.05) is 62.3 Å². The van der Waals surface area contributed by atoms with Gasteiger partial charge in [0.25, 0.3) is 0 Å². The summed E-state index contributed by atoms with van der Waals surface area (Å²) in [6.45, 7) is 4.64. The van der Waals surface area contributed by atoms with Gasteiger partial charge in [-0.1, -0.05) is 0 Å². The molecular formula is C24H28FN5O4S. The van der Waals surface area contributed by atoms with Gasteiger partial charge in [-0.15, -0.1) is 0 Å². The average molecular weight is 502 g/mol. The van der Waals surface area contributed by atoms with Crippen molar-refractivity contribution in [3.63, 3.8) is 0 Å². The zero-order chi connectivity index (χ0) is 25.0. The molecule has 2 saturated heterocycles. The van der Waals surface area contributed by atoms with E-state index in [2.05, 4.69) is 4.90 Å². The van der Waals surface area contributed by atoms with Crippen LogP contribution in [0.4, 0.5) is 15.8 Å². The Hall–Kier alpha value is -3.20. The van der Waals surface area contributed by atoms with Crippen LogP contribution in [0.1, 0.15) is 17.5 Å². The summed E-state index contributed by atoms with van der Waals surface area (Å²) in [5, 5.41) is 14.2. The van der Waals surface area contributed by atoms with Crippen molar-refractivity contribution >= 4 is 27.3 Å². The van der Waals surface area contributed by atoms with Crippen molar-refractivity contribution < 1.29 is 22.3 Å². The average Bonchev–Trinajstić information content (AvgIpc) is 2.87. The van der Waals surface area contributed by atoms with E-state index in [4.69, 9.17) is 15.1 Å². The van der Waals surface area contributed by atoms with Crippen LogP contribution in [-0.4, -0.2) is 71.7 Å². The van der Waals surface area contributed by atoms with Gasteiger partial charge in [0.15, 0.2) is 0 Å². The zero-order valence-corrected chi connectivity index (χ0v) is 20.1. The molecule has 0 bridgehead atoms. The number of sulfonamides is 1. The van der Waals surface area contributed by atoms with E-state index in [1.807, 2.05) is 11.0 Å². The number of amides is 1. The summed E-state index contributed by atoms with van der Waals surface area (Å²) >= 11 is 0. The number of benzene rings is 2. The highest BCUT2D eigenvalue weighted by atomic mass is 32.2. The molecule has 0 aromatic heterocycles. The highest BCUT2D eigenvalue weighted by Crippen LogP contribution is 2.27. The number of piperazine rings is 1. The Kier molecular flexibility index (Phi) is 7.54. The number of aryl methyl sites for hydroxylation is 1. The summed E-state index contributed by atoms with van der Waals surface area (Å²) in [7, 11) is -3.86. The maximum atomic E-state index is 14.0. The number of carbonyl (C=O) groups excluding carboxylic acids is 1. The Morgan fingerprint density at radius 3 is 2.37 bits per heavy atom. The molecule has 2 aliphatic heterocycles. The summed E-state index contributed by atoms with van der Waals surface area (Å²) < 4.78 is 43.2. The number of nitrogens with zero attached hydrogens (tertiary/aromatic N) is 4. The molecular weight excluding hydrogens is 473 g/mol. The van der Waals surface area contributed by atoms with Crippen LogP contribution in [0, 0.1) is 17.1 Å². The first-order chi connectivity index (χ1) is 16.8. The lowest BCUT2D eigenvalue weighted by Crippen LogP contribution is -2.48. The van der Waals surface area contributed by atoms with Crippen molar-refractivity contribution in [1.29, 1.82) is 5.26 Å². The molecule has 9 nitrogen and oxygen atoms in total. The molecule has 2 aliphatic rings. The number of morpholine rings is 1. The second-order valence-electron chi connectivity index (χ2n) is 8.58. The van der Waals surface area contributed by atoms with Crippen LogP contribution in [0.3, 0.4) is 0 Å². The number of nitriles is 1. The topological polar surface area (TPSA) is 120 Å². The molecule has 2 aromatic carbocycles. The third-order valence-corrected chi connectivity index (χ3v) is 7.32. The normalized spacial score (nSPS) is 16.8. The van der Waals surface area contributed by atoms with Crippen molar-refractivity contribution in [3.05, 3.63) is 53.3 Å². The van der Waals surface area contributed by atoms with Gasteiger partial charge in [0.2, 0.25) is 15.9 Å². The monoisotopic (exact) mass is 501 g/mol. The molecule has 2 N–H and O–H groups in total. The molecule has 186 valence electrons. The predicted molar refractivity (Wildman–Crippen MR) is 129 cm³/mol. The lowest BCUT2D eigenvalue weighted by Gasteiger charge is -2.36. The third kappa shape index (κ3) is 5.90. The Balaban J connectivity index is 1.40. The van der Waals surface area contributed by atoms with E-state index in [-0.39, 0.29) is 22.8 Å². The van der Waals surface area contributed by atoms with Gasteiger partial charge in [-0.05, 0) is 48.4 Å². The quantitative estimate of drug-likeness (QED) is 0.636. The summed E-state index contributed by atoms with van der Waals surface area (Å²) in [4.78, 5) is 18.9. The largest absolute Gasteiger partial charge is 0.378 e. The lowest BCUT2D eigenvalue weighted by atomic mass is 10.1. The number of anilines is 2. The molecule has 2 heterocycles. The van der Waals surface area contributed by atoms with Gasteiger partial charge in [-0.3, -0.25) is 4.79 Å². The fourth-order valence-corrected chi connectivity index (χ4v) is 5.02. The first-order valence-corrected chi connectivity index (χ1v) is 13.0. The molecule has 0 unspecified atom stereocenters. The van der Waals surface area contributed by atoms with E-state index in [9.17, 15) is 17.6 Å². The molecule has 0 saturated carbocycles. The maximum Gasteiger partial charge on any atom is 0.238 e. The van der Waals surface area contributed by atoms with Crippen LogP contribution in [0.5, 0.6) is 0 Å². The fraction of sp³-hybridized carbons (Fsp3) is 0.417. The van der Waals surface area contributed by atoms with Gasteiger partial charge in [0.05, 0.1) is 23.7 Å². The highest BCUT2D eigenvalue weighted by Gasteiger charge is 2.23. The summed E-state index contributed by atoms with van der Waals surface area (Å²) in [5.41, 5.74) is 2.34. The van der Waals surface area contributed by atoms with Gasteiger partial charge in [0.1, 0.15) is 11.9 Å². The first-order valence-electron chi connectivity index (χ1n) is 11.5. The number of carbonyl (C=O) groups is 1. The van der Waals surface area contributed by atoms with Crippen LogP contribution in [0.15, 0.2) is 41.3 Å². The smallest absolute Gasteiger partial charge is 0.238 e. The Morgan fingerprint density at radius 1 is 1.03 bits per heavy atom. The van der Waals surface area contributed by atoms with E-state index < -0.39 is 15.8 Å². The van der Waals surface area contributed by atoms with Crippen LogP contribution < -0.4 is 14.9 Å². The number of rotatable bonds is 6. The van der Waals surface area contributed by atoms with E-state index in [1.165, 1.54) is 18.2 Å². The number of primary sulfonamides is 1. The fourth-order valence-electron chi connectivity index (χ4n) is 4.46. The Labute approximate surface area is 204 Å². The summed E-state index contributed by atoms with van der Waals surface area (Å²) in [6.07, 6.45) is 0.618. The van der Waals surface area contributed by atoms with Gasteiger partial charge in [-0.2, -0.15) is 5.26 Å². The SMILES string of the molecule is N#Cc1ccc(N2CCN(C(=O)CCc3cc(S(N)(=O)=O)ccc3N3CCOCC3)CC2)cc1F. The molecule has 4 rings (SSSR count). The minimum atomic E-state index is -3.86. The van der Waals surface area contributed by atoms with Crippen LogP contribution >= 0.6 is 0 Å².